The molecule has 0 aliphatic heterocycles. The second kappa shape index (κ2) is 5.89. The Bertz CT molecular complexity index is 441. The third-order valence-corrected chi connectivity index (χ3v) is 3.45. The zero-order chi connectivity index (χ0) is 13.0. The molecular formula is C15H21NO2. The number of ether oxygens (including phenoxy) is 2. The summed E-state index contributed by atoms with van der Waals surface area (Å²) in [6, 6.07) is 2.12. The fourth-order valence-corrected chi connectivity index (χ4v) is 2.72. The molecule has 1 aliphatic rings. The SMILES string of the molecule is C=NCCc1cc(OCC)c(OC)c2c1CCC2. The number of methoxy groups -OCH3 is 1. The van der Waals surface area contributed by atoms with Crippen LogP contribution in [-0.4, -0.2) is 27.0 Å². The first-order valence-electron chi connectivity index (χ1n) is 6.58. The Morgan fingerprint density at radius 2 is 2.11 bits per heavy atom. The van der Waals surface area contributed by atoms with E-state index in [2.05, 4.69) is 17.8 Å². The van der Waals surface area contributed by atoms with Crippen molar-refractivity contribution in [2.24, 2.45) is 4.99 Å². The van der Waals surface area contributed by atoms with E-state index >= 15 is 0 Å². The Kier molecular flexibility index (Phi) is 4.24. The molecule has 0 fully saturated rings. The molecule has 1 aliphatic carbocycles. The predicted molar refractivity (Wildman–Crippen MR) is 74.3 cm³/mol. The maximum absolute atomic E-state index is 5.70. The Hall–Kier alpha value is -1.51. The minimum absolute atomic E-state index is 0.661. The van der Waals surface area contributed by atoms with Crippen molar-refractivity contribution in [3.63, 3.8) is 0 Å². The minimum Gasteiger partial charge on any atom is -0.493 e. The molecule has 1 aromatic carbocycles. The Balaban J connectivity index is 2.44. The Labute approximate surface area is 109 Å². The van der Waals surface area contributed by atoms with Crippen LogP contribution in [0.4, 0.5) is 0 Å². The maximum Gasteiger partial charge on any atom is 0.164 e. The van der Waals surface area contributed by atoms with Crippen molar-refractivity contribution in [3.8, 4) is 11.5 Å². The lowest BCUT2D eigenvalue weighted by Crippen LogP contribution is -2.03. The summed E-state index contributed by atoms with van der Waals surface area (Å²) in [5, 5.41) is 0. The van der Waals surface area contributed by atoms with Gasteiger partial charge in [0.15, 0.2) is 11.5 Å². The molecule has 98 valence electrons. The fraction of sp³-hybridized carbons (Fsp3) is 0.533. The van der Waals surface area contributed by atoms with Crippen LogP contribution in [-0.2, 0) is 19.3 Å². The van der Waals surface area contributed by atoms with E-state index in [-0.39, 0.29) is 0 Å². The van der Waals surface area contributed by atoms with E-state index in [0.29, 0.717) is 6.61 Å². The first kappa shape index (κ1) is 12.9. The molecule has 18 heavy (non-hydrogen) atoms. The van der Waals surface area contributed by atoms with Crippen LogP contribution in [0.15, 0.2) is 11.1 Å². The van der Waals surface area contributed by atoms with E-state index in [9.17, 15) is 0 Å². The fourth-order valence-electron chi connectivity index (χ4n) is 2.72. The van der Waals surface area contributed by atoms with Gasteiger partial charge in [-0.2, -0.15) is 0 Å². The summed E-state index contributed by atoms with van der Waals surface area (Å²) in [6.45, 7) is 6.98. The number of fused-ring (bicyclic) bond motifs is 1. The smallest absolute Gasteiger partial charge is 0.164 e. The van der Waals surface area contributed by atoms with Gasteiger partial charge in [0.2, 0.25) is 0 Å². The van der Waals surface area contributed by atoms with E-state index in [1.807, 2.05) is 6.92 Å². The predicted octanol–water partition coefficient (Wildman–Crippen LogP) is 2.83. The van der Waals surface area contributed by atoms with Gasteiger partial charge in [-0.3, -0.25) is 0 Å². The molecule has 0 saturated heterocycles. The van der Waals surface area contributed by atoms with E-state index in [0.717, 1.165) is 37.3 Å². The highest BCUT2D eigenvalue weighted by molar-refractivity contribution is 5.56. The molecule has 0 atom stereocenters. The van der Waals surface area contributed by atoms with Gasteiger partial charge in [0.25, 0.3) is 0 Å². The molecule has 0 heterocycles. The number of aliphatic imine (C=N–C) groups is 1. The lowest BCUT2D eigenvalue weighted by atomic mass is 9.99. The van der Waals surface area contributed by atoms with E-state index in [4.69, 9.17) is 9.47 Å². The molecule has 0 saturated carbocycles. The monoisotopic (exact) mass is 247 g/mol. The molecule has 0 bridgehead atoms. The molecule has 0 unspecified atom stereocenters. The van der Waals surface area contributed by atoms with E-state index in [1.54, 1.807) is 7.11 Å². The summed E-state index contributed by atoms with van der Waals surface area (Å²) in [5.41, 5.74) is 4.13. The van der Waals surface area contributed by atoms with Gasteiger partial charge in [-0.1, -0.05) is 0 Å². The van der Waals surface area contributed by atoms with Crippen LogP contribution in [0.3, 0.4) is 0 Å². The summed E-state index contributed by atoms with van der Waals surface area (Å²) in [7, 11) is 1.72. The number of hydrogen-bond donors (Lipinski definition) is 0. The van der Waals surface area contributed by atoms with Crippen molar-refractivity contribution in [1.29, 1.82) is 0 Å². The molecule has 0 radical (unpaired) electrons. The van der Waals surface area contributed by atoms with Crippen molar-refractivity contribution in [2.75, 3.05) is 20.3 Å². The van der Waals surface area contributed by atoms with Gasteiger partial charge in [-0.05, 0) is 56.5 Å². The van der Waals surface area contributed by atoms with Crippen molar-refractivity contribution in [2.45, 2.75) is 32.6 Å². The summed E-state index contributed by atoms with van der Waals surface area (Å²) < 4.78 is 11.2. The quantitative estimate of drug-likeness (QED) is 0.724. The van der Waals surface area contributed by atoms with Crippen molar-refractivity contribution < 1.29 is 9.47 Å². The molecule has 0 spiro atoms. The molecule has 2 rings (SSSR count). The summed E-state index contributed by atoms with van der Waals surface area (Å²) >= 11 is 0. The highest BCUT2D eigenvalue weighted by Gasteiger charge is 2.23. The van der Waals surface area contributed by atoms with Crippen LogP contribution in [0.2, 0.25) is 0 Å². The molecular weight excluding hydrogens is 226 g/mol. The van der Waals surface area contributed by atoms with Crippen LogP contribution in [0.25, 0.3) is 0 Å². The topological polar surface area (TPSA) is 30.8 Å². The van der Waals surface area contributed by atoms with Crippen molar-refractivity contribution >= 4 is 6.72 Å². The molecule has 3 heteroatoms. The third kappa shape index (κ3) is 2.35. The normalized spacial score (nSPS) is 13.2. The molecule has 0 N–H and O–H groups in total. The van der Waals surface area contributed by atoms with Crippen LogP contribution in [0.1, 0.15) is 30.0 Å². The highest BCUT2D eigenvalue weighted by atomic mass is 16.5. The largest absolute Gasteiger partial charge is 0.493 e. The van der Waals surface area contributed by atoms with E-state index < -0.39 is 0 Å². The van der Waals surface area contributed by atoms with Crippen LogP contribution in [0.5, 0.6) is 11.5 Å². The van der Waals surface area contributed by atoms with Gasteiger partial charge in [-0.15, -0.1) is 0 Å². The summed E-state index contributed by atoms with van der Waals surface area (Å²) in [6.07, 6.45) is 4.38. The molecule has 0 amide bonds. The minimum atomic E-state index is 0.661. The average Bonchev–Trinajstić information content (AvgIpc) is 2.85. The number of benzene rings is 1. The van der Waals surface area contributed by atoms with Gasteiger partial charge in [0.1, 0.15) is 0 Å². The average molecular weight is 247 g/mol. The van der Waals surface area contributed by atoms with Crippen LogP contribution >= 0.6 is 0 Å². The standard InChI is InChI=1S/C15H21NO2/c1-4-18-14-10-11(8-9-16-2)12-6-5-7-13(12)15(14)17-3/h10H,2,4-9H2,1,3H3. The summed E-state index contributed by atoms with van der Waals surface area (Å²) in [5.74, 6) is 1.80. The number of nitrogens with zero attached hydrogens (tertiary/aromatic N) is 1. The first-order chi connectivity index (χ1) is 8.81. The Morgan fingerprint density at radius 3 is 2.78 bits per heavy atom. The van der Waals surface area contributed by atoms with Gasteiger partial charge < -0.3 is 14.5 Å². The van der Waals surface area contributed by atoms with Crippen molar-refractivity contribution in [1.82, 2.24) is 0 Å². The zero-order valence-corrected chi connectivity index (χ0v) is 11.3. The Morgan fingerprint density at radius 1 is 1.33 bits per heavy atom. The van der Waals surface area contributed by atoms with Gasteiger partial charge in [-0.25, -0.2) is 0 Å². The summed E-state index contributed by atoms with van der Waals surface area (Å²) in [4.78, 5) is 3.95. The highest BCUT2D eigenvalue weighted by Crippen LogP contribution is 2.40. The maximum atomic E-state index is 5.70. The second-order valence-electron chi connectivity index (χ2n) is 4.51. The third-order valence-electron chi connectivity index (χ3n) is 3.45. The van der Waals surface area contributed by atoms with E-state index in [1.165, 1.54) is 23.1 Å². The van der Waals surface area contributed by atoms with Crippen molar-refractivity contribution in [3.05, 3.63) is 22.8 Å². The number of rotatable bonds is 6. The molecule has 3 nitrogen and oxygen atoms in total. The lowest BCUT2D eigenvalue weighted by molar-refractivity contribution is 0.309. The van der Waals surface area contributed by atoms with Crippen LogP contribution in [0, 0.1) is 0 Å². The lowest BCUT2D eigenvalue weighted by Gasteiger charge is -2.17. The number of hydrogen-bond acceptors (Lipinski definition) is 3. The van der Waals surface area contributed by atoms with Gasteiger partial charge in [0, 0.05) is 12.1 Å². The zero-order valence-electron chi connectivity index (χ0n) is 11.3. The van der Waals surface area contributed by atoms with Crippen LogP contribution < -0.4 is 9.47 Å². The van der Waals surface area contributed by atoms with Gasteiger partial charge >= 0.3 is 0 Å². The molecule has 0 aromatic heterocycles. The van der Waals surface area contributed by atoms with Gasteiger partial charge in [0.05, 0.1) is 13.7 Å². The molecule has 1 aromatic rings. The second-order valence-corrected chi connectivity index (χ2v) is 4.51. The first-order valence-corrected chi connectivity index (χ1v) is 6.58.